The number of carbonyl (C=O) groups is 3. The molecule has 0 aromatic carbocycles. The van der Waals surface area contributed by atoms with E-state index in [0.717, 1.165) is 22.7 Å². The van der Waals surface area contributed by atoms with Crippen molar-refractivity contribution in [1.82, 2.24) is 9.78 Å². The highest BCUT2D eigenvalue weighted by atomic mass is 32.1. The van der Waals surface area contributed by atoms with E-state index in [0.29, 0.717) is 24.3 Å². The number of anilines is 1. The molecular weight excluding hydrogens is 446 g/mol. The van der Waals surface area contributed by atoms with E-state index in [9.17, 15) is 14.4 Å². The van der Waals surface area contributed by atoms with Gasteiger partial charge < -0.3 is 19.2 Å². The lowest BCUT2D eigenvalue weighted by Crippen LogP contribution is -2.14. The zero-order valence-electron chi connectivity index (χ0n) is 19.3. The van der Waals surface area contributed by atoms with Gasteiger partial charge in [0.15, 0.2) is 5.76 Å². The Balaban J connectivity index is 1.84. The number of hydrogen-bond donors (Lipinski definition) is 1. The molecule has 0 aliphatic rings. The minimum absolute atomic E-state index is 0.0724. The average molecular weight is 474 g/mol. The standard InChI is InChI=1S/C23H27N3O6S/c1-6-10-31-22(28)18-15(5)19(23(29)30-7-2)33-21(18)24-20(27)17-9-8-16(32-17)12-26-14(4)11-13(3)25-26/h8-9,11H,6-7,10,12H2,1-5H3,(H,24,27). The third kappa shape index (κ3) is 5.51. The maximum atomic E-state index is 12.9. The molecular formula is C23H27N3O6S. The fourth-order valence-corrected chi connectivity index (χ4v) is 4.32. The number of thiophene rings is 1. The number of ether oxygens (including phenoxy) is 2. The summed E-state index contributed by atoms with van der Waals surface area (Å²) in [6.45, 7) is 9.84. The zero-order valence-corrected chi connectivity index (χ0v) is 20.1. The van der Waals surface area contributed by atoms with Crippen molar-refractivity contribution in [3.05, 3.63) is 57.1 Å². The number of rotatable bonds is 9. The molecule has 3 heterocycles. The van der Waals surface area contributed by atoms with Crippen LogP contribution in [0.25, 0.3) is 0 Å². The van der Waals surface area contributed by atoms with E-state index in [1.165, 1.54) is 0 Å². The Labute approximate surface area is 195 Å². The van der Waals surface area contributed by atoms with Gasteiger partial charge in [-0.2, -0.15) is 5.10 Å². The summed E-state index contributed by atoms with van der Waals surface area (Å²) in [4.78, 5) is 38.1. The first-order valence-corrected chi connectivity index (χ1v) is 11.5. The zero-order chi connectivity index (χ0) is 24.1. The van der Waals surface area contributed by atoms with Crippen LogP contribution in [-0.2, 0) is 16.0 Å². The van der Waals surface area contributed by atoms with Crippen LogP contribution in [-0.4, -0.2) is 40.8 Å². The van der Waals surface area contributed by atoms with E-state index in [4.69, 9.17) is 13.9 Å². The molecule has 33 heavy (non-hydrogen) atoms. The Kier molecular flexibility index (Phi) is 7.70. The summed E-state index contributed by atoms with van der Waals surface area (Å²) in [6.07, 6.45) is 0.645. The molecule has 3 rings (SSSR count). The molecule has 3 aromatic rings. The maximum Gasteiger partial charge on any atom is 0.348 e. The van der Waals surface area contributed by atoms with Crippen molar-refractivity contribution in [2.45, 2.75) is 47.6 Å². The number of esters is 2. The third-order valence-corrected chi connectivity index (χ3v) is 5.96. The Morgan fingerprint density at radius 1 is 1.12 bits per heavy atom. The predicted molar refractivity (Wildman–Crippen MR) is 123 cm³/mol. The second-order valence-corrected chi connectivity index (χ2v) is 8.44. The van der Waals surface area contributed by atoms with Crippen LogP contribution < -0.4 is 5.32 Å². The van der Waals surface area contributed by atoms with E-state index in [1.807, 2.05) is 26.8 Å². The smallest absolute Gasteiger partial charge is 0.348 e. The number of aromatic nitrogens is 2. The minimum atomic E-state index is -0.610. The molecule has 0 fully saturated rings. The van der Waals surface area contributed by atoms with Crippen LogP contribution in [0.5, 0.6) is 0 Å². The van der Waals surface area contributed by atoms with Crippen LogP contribution >= 0.6 is 11.3 Å². The highest BCUT2D eigenvalue weighted by molar-refractivity contribution is 7.18. The van der Waals surface area contributed by atoms with Crippen LogP contribution in [0.1, 0.15) is 73.6 Å². The number of aryl methyl sites for hydroxylation is 2. The summed E-state index contributed by atoms with van der Waals surface area (Å²) >= 11 is 0.970. The van der Waals surface area contributed by atoms with Gasteiger partial charge in [-0.1, -0.05) is 6.92 Å². The Morgan fingerprint density at radius 3 is 2.52 bits per heavy atom. The number of nitrogens with zero attached hydrogens (tertiary/aromatic N) is 2. The Morgan fingerprint density at radius 2 is 1.88 bits per heavy atom. The van der Waals surface area contributed by atoms with Gasteiger partial charge in [0, 0.05) is 5.69 Å². The largest absolute Gasteiger partial charge is 0.462 e. The van der Waals surface area contributed by atoms with Crippen LogP contribution in [0.2, 0.25) is 0 Å². The molecule has 1 amide bonds. The summed E-state index contributed by atoms with van der Waals surface area (Å²) in [6, 6.07) is 5.21. The highest BCUT2D eigenvalue weighted by Gasteiger charge is 2.28. The number of carbonyl (C=O) groups excluding carboxylic acids is 3. The molecule has 0 radical (unpaired) electrons. The van der Waals surface area contributed by atoms with E-state index < -0.39 is 17.8 Å². The van der Waals surface area contributed by atoms with Gasteiger partial charge in [0.1, 0.15) is 15.6 Å². The second-order valence-electron chi connectivity index (χ2n) is 7.42. The molecule has 0 spiro atoms. The van der Waals surface area contributed by atoms with Crippen LogP contribution in [0.4, 0.5) is 5.00 Å². The van der Waals surface area contributed by atoms with Crippen LogP contribution in [0.15, 0.2) is 22.6 Å². The van der Waals surface area contributed by atoms with Crippen molar-refractivity contribution >= 4 is 34.2 Å². The third-order valence-electron chi connectivity index (χ3n) is 4.77. The lowest BCUT2D eigenvalue weighted by atomic mass is 10.1. The van der Waals surface area contributed by atoms with Crippen molar-refractivity contribution in [2.24, 2.45) is 0 Å². The molecule has 0 aliphatic heterocycles. The average Bonchev–Trinajstić information content (AvgIpc) is 3.44. The van der Waals surface area contributed by atoms with Crippen molar-refractivity contribution in [3.63, 3.8) is 0 Å². The lowest BCUT2D eigenvalue weighted by Gasteiger charge is -2.07. The molecule has 3 aromatic heterocycles. The molecule has 176 valence electrons. The monoisotopic (exact) mass is 473 g/mol. The van der Waals surface area contributed by atoms with Crippen molar-refractivity contribution < 1.29 is 28.3 Å². The quantitative estimate of drug-likeness (QED) is 0.455. The van der Waals surface area contributed by atoms with Gasteiger partial charge in [-0.3, -0.25) is 9.48 Å². The summed E-state index contributed by atoms with van der Waals surface area (Å²) in [5, 5.41) is 7.29. The number of furan rings is 1. The molecule has 9 nitrogen and oxygen atoms in total. The number of nitrogens with one attached hydrogen (secondary N) is 1. The van der Waals surface area contributed by atoms with Gasteiger partial charge in [-0.15, -0.1) is 11.3 Å². The van der Waals surface area contributed by atoms with Crippen LogP contribution in [0.3, 0.4) is 0 Å². The molecule has 0 saturated carbocycles. The van der Waals surface area contributed by atoms with Crippen molar-refractivity contribution in [3.8, 4) is 0 Å². The van der Waals surface area contributed by atoms with Crippen LogP contribution in [0, 0.1) is 20.8 Å². The van der Waals surface area contributed by atoms with Gasteiger partial charge in [0.05, 0.1) is 31.0 Å². The first-order valence-electron chi connectivity index (χ1n) is 10.6. The van der Waals surface area contributed by atoms with Gasteiger partial charge in [0.2, 0.25) is 0 Å². The molecule has 0 aliphatic carbocycles. The van der Waals surface area contributed by atoms with E-state index in [2.05, 4.69) is 10.4 Å². The molecule has 0 atom stereocenters. The molecule has 1 N–H and O–H groups in total. The first-order chi connectivity index (χ1) is 15.7. The predicted octanol–water partition coefficient (Wildman–Crippen LogP) is 4.51. The van der Waals surface area contributed by atoms with E-state index >= 15 is 0 Å². The fraction of sp³-hybridized carbons (Fsp3) is 0.391. The molecule has 10 heteroatoms. The maximum absolute atomic E-state index is 12.9. The minimum Gasteiger partial charge on any atom is -0.462 e. The molecule has 0 unspecified atom stereocenters. The van der Waals surface area contributed by atoms with E-state index in [-0.39, 0.29) is 34.4 Å². The van der Waals surface area contributed by atoms with Crippen molar-refractivity contribution in [1.29, 1.82) is 0 Å². The Hall–Kier alpha value is -3.40. The first kappa shape index (κ1) is 24.2. The summed E-state index contributed by atoms with van der Waals surface area (Å²) < 4.78 is 17.8. The normalized spacial score (nSPS) is 10.8. The van der Waals surface area contributed by atoms with Crippen molar-refractivity contribution in [2.75, 3.05) is 18.5 Å². The number of hydrogen-bond acceptors (Lipinski definition) is 8. The number of amides is 1. The summed E-state index contributed by atoms with van der Waals surface area (Å²) in [7, 11) is 0. The topological polar surface area (TPSA) is 113 Å². The second kappa shape index (κ2) is 10.5. The molecule has 0 saturated heterocycles. The molecule has 0 bridgehead atoms. The van der Waals surface area contributed by atoms with E-state index in [1.54, 1.807) is 30.7 Å². The van der Waals surface area contributed by atoms with Gasteiger partial charge in [-0.25, -0.2) is 9.59 Å². The fourth-order valence-electron chi connectivity index (χ4n) is 3.24. The lowest BCUT2D eigenvalue weighted by molar-refractivity contribution is 0.0506. The van der Waals surface area contributed by atoms with Gasteiger partial charge >= 0.3 is 11.9 Å². The van der Waals surface area contributed by atoms with Gasteiger partial charge in [-0.05, 0) is 57.9 Å². The highest BCUT2D eigenvalue weighted by Crippen LogP contribution is 2.34. The Bertz CT molecular complexity index is 1170. The summed E-state index contributed by atoms with van der Waals surface area (Å²) in [5.74, 6) is -1.08. The van der Waals surface area contributed by atoms with Gasteiger partial charge in [0.25, 0.3) is 5.91 Å². The SMILES string of the molecule is CCCOC(=O)c1c(NC(=O)c2ccc(Cn3nc(C)cc3C)o2)sc(C(=O)OCC)c1C. The summed E-state index contributed by atoms with van der Waals surface area (Å²) in [5.41, 5.74) is 2.41.